The van der Waals surface area contributed by atoms with Gasteiger partial charge < -0.3 is 14.8 Å². The van der Waals surface area contributed by atoms with Crippen molar-refractivity contribution >= 4 is 0 Å². The van der Waals surface area contributed by atoms with E-state index >= 15 is 0 Å². The van der Waals surface area contributed by atoms with Crippen LogP contribution in [-0.2, 0) is 0 Å². The monoisotopic (exact) mass is 283 g/mol. The SMILES string of the molecule is C=CCNCC(C)Oc1ccc(Oc2ccccc2)cc1. The first-order valence-electron chi connectivity index (χ1n) is 7.09. The third-order valence-corrected chi connectivity index (χ3v) is 2.86. The van der Waals surface area contributed by atoms with Crippen LogP contribution in [0.1, 0.15) is 6.92 Å². The molecule has 0 amide bonds. The second-order valence-corrected chi connectivity index (χ2v) is 4.76. The lowest BCUT2D eigenvalue weighted by Crippen LogP contribution is -2.28. The number of para-hydroxylation sites is 1. The van der Waals surface area contributed by atoms with Crippen LogP contribution in [-0.4, -0.2) is 19.2 Å². The van der Waals surface area contributed by atoms with E-state index < -0.39 is 0 Å². The Labute approximate surface area is 126 Å². The van der Waals surface area contributed by atoms with E-state index in [1.807, 2.05) is 67.6 Å². The summed E-state index contributed by atoms with van der Waals surface area (Å²) in [4.78, 5) is 0. The van der Waals surface area contributed by atoms with Crippen molar-refractivity contribution < 1.29 is 9.47 Å². The Morgan fingerprint density at radius 3 is 2.29 bits per heavy atom. The van der Waals surface area contributed by atoms with Crippen molar-refractivity contribution in [2.45, 2.75) is 13.0 Å². The second-order valence-electron chi connectivity index (χ2n) is 4.76. The van der Waals surface area contributed by atoms with Gasteiger partial charge in [0.2, 0.25) is 0 Å². The summed E-state index contributed by atoms with van der Waals surface area (Å²) in [5.74, 6) is 2.46. The van der Waals surface area contributed by atoms with Crippen LogP contribution in [0.3, 0.4) is 0 Å². The molecule has 0 bridgehead atoms. The molecule has 21 heavy (non-hydrogen) atoms. The summed E-state index contributed by atoms with van der Waals surface area (Å²) >= 11 is 0. The molecule has 2 aromatic rings. The first-order chi connectivity index (χ1) is 10.3. The van der Waals surface area contributed by atoms with E-state index in [1.165, 1.54) is 0 Å². The van der Waals surface area contributed by atoms with Gasteiger partial charge in [-0.25, -0.2) is 0 Å². The van der Waals surface area contributed by atoms with Crippen LogP contribution in [0.5, 0.6) is 17.2 Å². The van der Waals surface area contributed by atoms with Crippen molar-refractivity contribution in [3.8, 4) is 17.2 Å². The van der Waals surface area contributed by atoms with Crippen molar-refractivity contribution in [2.24, 2.45) is 0 Å². The van der Waals surface area contributed by atoms with Gasteiger partial charge in [-0.05, 0) is 43.3 Å². The van der Waals surface area contributed by atoms with Gasteiger partial charge in [-0.15, -0.1) is 6.58 Å². The molecule has 0 spiro atoms. The number of hydrogen-bond acceptors (Lipinski definition) is 3. The Hall–Kier alpha value is -2.26. The third kappa shape index (κ3) is 5.32. The van der Waals surface area contributed by atoms with Gasteiger partial charge in [0, 0.05) is 13.1 Å². The third-order valence-electron chi connectivity index (χ3n) is 2.86. The maximum Gasteiger partial charge on any atom is 0.127 e. The predicted molar refractivity (Wildman–Crippen MR) is 86.1 cm³/mol. The van der Waals surface area contributed by atoms with Crippen LogP contribution in [0.2, 0.25) is 0 Å². The average molecular weight is 283 g/mol. The fraction of sp³-hybridized carbons (Fsp3) is 0.222. The molecule has 3 nitrogen and oxygen atoms in total. The number of benzene rings is 2. The van der Waals surface area contributed by atoms with Gasteiger partial charge in [0.25, 0.3) is 0 Å². The van der Waals surface area contributed by atoms with Crippen molar-refractivity contribution in [2.75, 3.05) is 13.1 Å². The van der Waals surface area contributed by atoms with E-state index in [0.717, 1.165) is 30.3 Å². The molecule has 2 rings (SSSR count). The van der Waals surface area contributed by atoms with E-state index in [4.69, 9.17) is 9.47 Å². The Balaban J connectivity index is 1.85. The summed E-state index contributed by atoms with van der Waals surface area (Å²) in [6.07, 6.45) is 1.94. The van der Waals surface area contributed by atoms with Crippen LogP contribution in [0.15, 0.2) is 67.3 Å². The van der Waals surface area contributed by atoms with E-state index in [1.54, 1.807) is 0 Å². The van der Waals surface area contributed by atoms with Gasteiger partial charge in [-0.1, -0.05) is 24.3 Å². The van der Waals surface area contributed by atoms with Gasteiger partial charge in [-0.2, -0.15) is 0 Å². The fourth-order valence-corrected chi connectivity index (χ4v) is 1.87. The van der Waals surface area contributed by atoms with E-state index in [0.29, 0.717) is 0 Å². The van der Waals surface area contributed by atoms with Gasteiger partial charge in [0.15, 0.2) is 0 Å². The zero-order chi connectivity index (χ0) is 14.9. The molecular weight excluding hydrogens is 262 g/mol. The molecule has 1 unspecified atom stereocenters. The lowest BCUT2D eigenvalue weighted by atomic mass is 10.3. The minimum atomic E-state index is 0.103. The molecule has 3 heteroatoms. The molecule has 0 aromatic heterocycles. The lowest BCUT2D eigenvalue weighted by molar-refractivity contribution is 0.219. The van der Waals surface area contributed by atoms with Crippen molar-refractivity contribution in [3.63, 3.8) is 0 Å². The smallest absolute Gasteiger partial charge is 0.127 e. The fourth-order valence-electron chi connectivity index (χ4n) is 1.87. The normalized spacial score (nSPS) is 11.7. The molecule has 0 saturated carbocycles. The van der Waals surface area contributed by atoms with Gasteiger partial charge >= 0.3 is 0 Å². The molecule has 0 aliphatic heterocycles. The first-order valence-corrected chi connectivity index (χ1v) is 7.09. The maximum atomic E-state index is 5.81. The quantitative estimate of drug-likeness (QED) is 0.586. The second kappa shape index (κ2) is 8.12. The van der Waals surface area contributed by atoms with Crippen LogP contribution >= 0.6 is 0 Å². The highest BCUT2D eigenvalue weighted by atomic mass is 16.5. The van der Waals surface area contributed by atoms with Gasteiger partial charge in [0.05, 0.1) is 0 Å². The zero-order valence-electron chi connectivity index (χ0n) is 12.3. The molecule has 1 atom stereocenters. The van der Waals surface area contributed by atoms with Crippen LogP contribution < -0.4 is 14.8 Å². The van der Waals surface area contributed by atoms with Crippen molar-refractivity contribution in [1.29, 1.82) is 0 Å². The molecule has 0 heterocycles. The molecule has 0 aliphatic carbocycles. The van der Waals surface area contributed by atoms with Gasteiger partial charge in [-0.3, -0.25) is 0 Å². The standard InChI is InChI=1S/C18H21NO2/c1-3-13-19-14-15(2)20-17-9-11-18(12-10-17)21-16-7-5-4-6-8-16/h3-12,15,19H,1,13-14H2,2H3. The summed E-state index contributed by atoms with van der Waals surface area (Å²) in [7, 11) is 0. The molecule has 110 valence electrons. The van der Waals surface area contributed by atoms with E-state index in [-0.39, 0.29) is 6.10 Å². The average Bonchev–Trinajstić information content (AvgIpc) is 2.51. The summed E-state index contributed by atoms with van der Waals surface area (Å²) < 4.78 is 11.6. The molecule has 2 aromatic carbocycles. The molecule has 0 radical (unpaired) electrons. The van der Waals surface area contributed by atoms with Gasteiger partial charge in [0.1, 0.15) is 23.4 Å². The maximum absolute atomic E-state index is 5.81. The number of rotatable bonds is 8. The molecule has 0 fully saturated rings. The highest BCUT2D eigenvalue weighted by molar-refractivity contribution is 5.35. The van der Waals surface area contributed by atoms with E-state index in [9.17, 15) is 0 Å². The van der Waals surface area contributed by atoms with E-state index in [2.05, 4.69) is 11.9 Å². The Kier molecular flexibility index (Phi) is 5.85. The Bertz CT molecular complexity index is 537. The minimum Gasteiger partial charge on any atom is -0.489 e. The summed E-state index contributed by atoms with van der Waals surface area (Å²) in [6, 6.07) is 17.4. The molecule has 0 saturated heterocycles. The Morgan fingerprint density at radius 2 is 1.62 bits per heavy atom. The predicted octanol–water partition coefficient (Wildman–Crippen LogP) is 4.02. The van der Waals surface area contributed by atoms with Crippen LogP contribution in [0, 0.1) is 0 Å². The highest BCUT2D eigenvalue weighted by Gasteiger charge is 2.03. The topological polar surface area (TPSA) is 30.5 Å². The lowest BCUT2D eigenvalue weighted by Gasteiger charge is -2.15. The summed E-state index contributed by atoms with van der Waals surface area (Å²) in [5.41, 5.74) is 0. The number of nitrogens with one attached hydrogen (secondary N) is 1. The van der Waals surface area contributed by atoms with Crippen molar-refractivity contribution in [3.05, 3.63) is 67.3 Å². The summed E-state index contributed by atoms with van der Waals surface area (Å²) in [6.45, 7) is 7.28. The molecule has 0 aliphatic rings. The minimum absolute atomic E-state index is 0.103. The zero-order valence-corrected chi connectivity index (χ0v) is 12.3. The summed E-state index contributed by atoms with van der Waals surface area (Å²) in [5, 5.41) is 3.23. The van der Waals surface area contributed by atoms with Crippen molar-refractivity contribution in [1.82, 2.24) is 5.32 Å². The Morgan fingerprint density at radius 1 is 1.00 bits per heavy atom. The highest BCUT2D eigenvalue weighted by Crippen LogP contribution is 2.23. The van der Waals surface area contributed by atoms with Crippen LogP contribution in [0.4, 0.5) is 0 Å². The number of hydrogen-bond donors (Lipinski definition) is 1. The number of ether oxygens (including phenoxy) is 2. The van der Waals surface area contributed by atoms with Crippen LogP contribution in [0.25, 0.3) is 0 Å². The molecular formula is C18H21NO2. The first kappa shape index (κ1) is 15.1. The molecule has 1 N–H and O–H groups in total. The largest absolute Gasteiger partial charge is 0.489 e.